The molecule has 2 atom stereocenters. The highest BCUT2D eigenvalue weighted by molar-refractivity contribution is 5.92. The Morgan fingerprint density at radius 3 is 2.41 bits per heavy atom. The third-order valence-corrected chi connectivity index (χ3v) is 5.26. The molecule has 0 radical (unpaired) electrons. The number of hydrazine groups is 1. The van der Waals surface area contributed by atoms with Crippen LogP contribution in [0.15, 0.2) is 42.5 Å². The van der Waals surface area contributed by atoms with E-state index in [1.807, 2.05) is 0 Å². The Bertz CT molecular complexity index is 934. The molecule has 2 aromatic rings. The van der Waals surface area contributed by atoms with Gasteiger partial charge in [0.25, 0.3) is 0 Å². The molecule has 1 heterocycles. The summed E-state index contributed by atoms with van der Waals surface area (Å²) in [7, 11) is 0. The van der Waals surface area contributed by atoms with Gasteiger partial charge in [-0.1, -0.05) is 45.0 Å². The standard InChI is InChI=1S/C22H25N3O4/c1-22(2,3)14-6-4-13(5-7-14)16-11-17(16)20(26)24-25-21(27)23-15-8-9-18-19(10-15)29-12-28-18/h4-10,16-17H,11-12H2,1-3H3,(H,24,26)(H2,23,25,27). The van der Waals surface area contributed by atoms with Crippen LogP contribution in [-0.2, 0) is 10.2 Å². The second-order valence-electron chi connectivity index (χ2n) is 8.46. The lowest BCUT2D eigenvalue weighted by Crippen LogP contribution is -2.44. The zero-order valence-electron chi connectivity index (χ0n) is 16.7. The molecular formula is C22H25N3O4. The summed E-state index contributed by atoms with van der Waals surface area (Å²) in [5.74, 6) is 1.10. The molecular weight excluding hydrogens is 370 g/mol. The van der Waals surface area contributed by atoms with E-state index in [2.05, 4.69) is 61.2 Å². The maximum atomic E-state index is 12.3. The molecule has 0 aromatic heterocycles. The van der Waals surface area contributed by atoms with Gasteiger partial charge in [-0.05, 0) is 41.0 Å². The van der Waals surface area contributed by atoms with E-state index in [0.717, 1.165) is 12.0 Å². The van der Waals surface area contributed by atoms with E-state index in [9.17, 15) is 9.59 Å². The van der Waals surface area contributed by atoms with Gasteiger partial charge in [0.05, 0.1) is 0 Å². The molecule has 2 aromatic carbocycles. The fourth-order valence-electron chi connectivity index (χ4n) is 3.43. The lowest BCUT2D eigenvalue weighted by atomic mass is 9.86. The molecule has 152 valence electrons. The third kappa shape index (κ3) is 4.29. The van der Waals surface area contributed by atoms with Crippen molar-refractivity contribution < 1.29 is 19.1 Å². The van der Waals surface area contributed by atoms with E-state index in [1.54, 1.807) is 18.2 Å². The number of carbonyl (C=O) groups is 2. The summed E-state index contributed by atoms with van der Waals surface area (Å²) < 4.78 is 10.5. The van der Waals surface area contributed by atoms with E-state index in [0.29, 0.717) is 17.2 Å². The molecule has 1 aliphatic heterocycles. The molecule has 7 heteroatoms. The van der Waals surface area contributed by atoms with Gasteiger partial charge in [0, 0.05) is 17.7 Å². The Morgan fingerprint density at radius 2 is 1.69 bits per heavy atom. The van der Waals surface area contributed by atoms with Crippen LogP contribution in [0.5, 0.6) is 11.5 Å². The van der Waals surface area contributed by atoms with Crippen molar-refractivity contribution in [2.24, 2.45) is 5.92 Å². The first-order valence-electron chi connectivity index (χ1n) is 9.68. The lowest BCUT2D eigenvalue weighted by Gasteiger charge is -2.19. The Labute approximate surface area is 169 Å². The van der Waals surface area contributed by atoms with Gasteiger partial charge >= 0.3 is 6.03 Å². The quantitative estimate of drug-likeness (QED) is 0.692. The second kappa shape index (κ2) is 7.31. The molecule has 1 fully saturated rings. The molecule has 4 rings (SSSR count). The summed E-state index contributed by atoms with van der Waals surface area (Å²) in [5, 5.41) is 2.65. The number of hydrogen-bond acceptors (Lipinski definition) is 4. The lowest BCUT2D eigenvalue weighted by molar-refractivity contribution is -0.123. The van der Waals surface area contributed by atoms with Crippen LogP contribution in [0.3, 0.4) is 0 Å². The average molecular weight is 395 g/mol. The number of carbonyl (C=O) groups excluding carboxylic acids is 2. The number of rotatable bonds is 3. The summed E-state index contributed by atoms with van der Waals surface area (Å²) in [5.41, 5.74) is 7.97. The number of urea groups is 1. The van der Waals surface area contributed by atoms with Crippen molar-refractivity contribution in [2.45, 2.75) is 38.5 Å². The predicted octanol–water partition coefficient (Wildman–Crippen LogP) is 3.67. The minimum absolute atomic E-state index is 0.105. The average Bonchev–Trinajstić information content (AvgIpc) is 3.35. The number of fused-ring (bicyclic) bond motifs is 1. The molecule has 2 unspecified atom stereocenters. The number of ether oxygens (including phenoxy) is 2. The molecule has 2 aliphatic rings. The van der Waals surface area contributed by atoms with Crippen LogP contribution < -0.4 is 25.6 Å². The molecule has 1 aliphatic carbocycles. The highest BCUT2D eigenvalue weighted by Gasteiger charge is 2.44. The zero-order chi connectivity index (χ0) is 20.6. The second-order valence-corrected chi connectivity index (χ2v) is 8.46. The number of amides is 3. The Balaban J connectivity index is 1.25. The SMILES string of the molecule is CC(C)(C)c1ccc(C2CC2C(=O)NNC(=O)Nc2ccc3c(c2)OCO3)cc1. The maximum Gasteiger partial charge on any atom is 0.337 e. The summed E-state index contributed by atoms with van der Waals surface area (Å²) in [4.78, 5) is 24.4. The van der Waals surface area contributed by atoms with Crippen LogP contribution in [-0.4, -0.2) is 18.7 Å². The zero-order valence-corrected chi connectivity index (χ0v) is 16.7. The van der Waals surface area contributed by atoms with E-state index in [-0.39, 0.29) is 30.0 Å². The minimum Gasteiger partial charge on any atom is -0.454 e. The predicted molar refractivity (Wildman–Crippen MR) is 109 cm³/mol. The fraction of sp³-hybridized carbons (Fsp3) is 0.364. The summed E-state index contributed by atoms with van der Waals surface area (Å²) >= 11 is 0. The fourth-order valence-corrected chi connectivity index (χ4v) is 3.43. The molecule has 29 heavy (non-hydrogen) atoms. The van der Waals surface area contributed by atoms with Crippen molar-refractivity contribution in [2.75, 3.05) is 12.1 Å². The van der Waals surface area contributed by atoms with E-state index in [1.165, 1.54) is 5.56 Å². The van der Waals surface area contributed by atoms with Crippen LogP contribution >= 0.6 is 0 Å². The largest absolute Gasteiger partial charge is 0.454 e. The number of anilines is 1. The highest BCUT2D eigenvalue weighted by atomic mass is 16.7. The van der Waals surface area contributed by atoms with Gasteiger partial charge < -0.3 is 14.8 Å². The van der Waals surface area contributed by atoms with Gasteiger partial charge in [0.2, 0.25) is 12.7 Å². The van der Waals surface area contributed by atoms with E-state index >= 15 is 0 Å². The number of nitrogens with one attached hydrogen (secondary N) is 3. The van der Waals surface area contributed by atoms with Gasteiger partial charge in [-0.25, -0.2) is 10.2 Å². The number of benzene rings is 2. The van der Waals surface area contributed by atoms with Crippen molar-refractivity contribution in [1.82, 2.24) is 10.9 Å². The normalized spacial score (nSPS) is 19.4. The van der Waals surface area contributed by atoms with Crippen LogP contribution in [0.25, 0.3) is 0 Å². The van der Waals surface area contributed by atoms with Crippen LogP contribution in [0, 0.1) is 5.92 Å². The monoisotopic (exact) mass is 395 g/mol. The van der Waals surface area contributed by atoms with Crippen molar-refractivity contribution in [3.63, 3.8) is 0 Å². The molecule has 1 saturated carbocycles. The van der Waals surface area contributed by atoms with Crippen LogP contribution in [0.4, 0.5) is 10.5 Å². The van der Waals surface area contributed by atoms with Gasteiger partial charge in [-0.2, -0.15) is 0 Å². The minimum atomic E-state index is -0.524. The molecule has 0 saturated heterocycles. The molecule has 3 amide bonds. The van der Waals surface area contributed by atoms with Crippen molar-refractivity contribution in [3.05, 3.63) is 53.6 Å². The summed E-state index contributed by atoms with van der Waals surface area (Å²) in [6, 6.07) is 13.0. The van der Waals surface area contributed by atoms with Gasteiger partial charge in [0.1, 0.15) is 0 Å². The topological polar surface area (TPSA) is 88.7 Å². The van der Waals surface area contributed by atoms with E-state index < -0.39 is 6.03 Å². The number of hydrogen-bond donors (Lipinski definition) is 3. The maximum absolute atomic E-state index is 12.3. The van der Waals surface area contributed by atoms with Gasteiger partial charge in [0.15, 0.2) is 11.5 Å². The van der Waals surface area contributed by atoms with Crippen LogP contribution in [0.1, 0.15) is 44.2 Å². The van der Waals surface area contributed by atoms with Gasteiger partial charge in [-0.3, -0.25) is 10.2 Å². The summed E-state index contributed by atoms with van der Waals surface area (Å²) in [6.07, 6.45) is 0.784. The first-order chi connectivity index (χ1) is 13.8. The first kappa shape index (κ1) is 19.1. The third-order valence-electron chi connectivity index (χ3n) is 5.26. The molecule has 3 N–H and O–H groups in total. The Hall–Kier alpha value is -3.22. The van der Waals surface area contributed by atoms with E-state index in [4.69, 9.17) is 9.47 Å². The smallest absolute Gasteiger partial charge is 0.337 e. The summed E-state index contributed by atoms with van der Waals surface area (Å²) in [6.45, 7) is 6.70. The Kier molecular flexibility index (Phi) is 4.82. The first-order valence-corrected chi connectivity index (χ1v) is 9.68. The highest BCUT2D eigenvalue weighted by Crippen LogP contribution is 2.47. The van der Waals surface area contributed by atoms with Crippen LogP contribution in [0.2, 0.25) is 0 Å². The molecule has 0 spiro atoms. The van der Waals surface area contributed by atoms with Gasteiger partial charge in [-0.15, -0.1) is 0 Å². The Morgan fingerprint density at radius 1 is 0.966 bits per heavy atom. The molecule has 7 nitrogen and oxygen atoms in total. The van der Waals surface area contributed by atoms with Crippen molar-refractivity contribution in [3.8, 4) is 11.5 Å². The molecule has 0 bridgehead atoms. The van der Waals surface area contributed by atoms with Crippen molar-refractivity contribution >= 4 is 17.6 Å². The van der Waals surface area contributed by atoms with Crippen molar-refractivity contribution in [1.29, 1.82) is 0 Å².